The zero-order valence-corrected chi connectivity index (χ0v) is 14.7. The number of methoxy groups -OCH3 is 1. The van der Waals surface area contributed by atoms with Crippen LogP contribution < -0.4 is 10.2 Å². The van der Waals surface area contributed by atoms with E-state index in [0.29, 0.717) is 13.1 Å². The summed E-state index contributed by atoms with van der Waals surface area (Å²) in [5.74, 6) is -0.130. The SMILES string of the molecule is COCC(=O)NC(C)(C)CC(=O)N1CCN(c2ccccc2)CC1. The van der Waals surface area contributed by atoms with E-state index in [1.807, 2.05) is 36.9 Å². The maximum absolute atomic E-state index is 12.5. The van der Waals surface area contributed by atoms with Crippen molar-refractivity contribution in [3.8, 4) is 0 Å². The van der Waals surface area contributed by atoms with Gasteiger partial charge in [-0.05, 0) is 26.0 Å². The van der Waals surface area contributed by atoms with Crippen molar-refractivity contribution in [3.05, 3.63) is 30.3 Å². The van der Waals surface area contributed by atoms with E-state index < -0.39 is 5.54 Å². The van der Waals surface area contributed by atoms with Gasteiger partial charge < -0.3 is 19.9 Å². The van der Waals surface area contributed by atoms with Crippen LogP contribution in [-0.4, -0.2) is 62.1 Å². The first kappa shape index (κ1) is 18.3. The summed E-state index contributed by atoms with van der Waals surface area (Å²) in [6.07, 6.45) is 0.286. The minimum Gasteiger partial charge on any atom is -0.375 e. The Balaban J connectivity index is 1.83. The highest BCUT2D eigenvalue weighted by atomic mass is 16.5. The molecule has 0 spiro atoms. The number of para-hydroxylation sites is 1. The molecule has 1 aliphatic rings. The lowest BCUT2D eigenvalue weighted by molar-refractivity contribution is -0.133. The van der Waals surface area contributed by atoms with Gasteiger partial charge in [-0.25, -0.2) is 0 Å². The number of nitrogens with zero attached hydrogens (tertiary/aromatic N) is 2. The lowest BCUT2D eigenvalue weighted by atomic mass is 9.99. The molecule has 1 saturated heterocycles. The van der Waals surface area contributed by atoms with Crippen LogP contribution in [0.3, 0.4) is 0 Å². The van der Waals surface area contributed by atoms with E-state index in [-0.39, 0.29) is 24.8 Å². The van der Waals surface area contributed by atoms with Gasteiger partial charge in [-0.3, -0.25) is 9.59 Å². The topological polar surface area (TPSA) is 61.9 Å². The number of piperazine rings is 1. The first-order valence-electron chi connectivity index (χ1n) is 8.29. The molecule has 6 heteroatoms. The number of amides is 2. The molecule has 2 rings (SSSR count). The number of ether oxygens (including phenoxy) is 1. The fraction of sp³-hybridized carbons (Fsp3) is 0.556. The Kier molecular flexibility index (Phi) is 6.20. The molecular weight excluding hydrogens is 306 g/mol. The fourth-order valence-electron chi connectivity index (χ4n) is 2.93. The summed E-state index contributed by atoms with van der Waals surface area (Å²) in [7, 11) is 1.48. The zero-order chi connectivity index (χ0) is 17.6. The van der Waals surface area contributed by atoms with Gasteiger partial charge in [0, 0.05) is 50.9 Å². The molecule has 0 saturated carbocycles. The van der Waals surface area contributed by atoms with Gasteiger partial charge >= 0.3 is 0 Å². The summed E-state index contributed by atoms with van der Waals surface area (Å²) in [4.78, 5) is 28.3. The minimum atomic E-state index is -0.580. The molecule has 0 unspecified atom stereocenters. The summed E-state index contributed by atoms with van der Waals surface area (Å²) < 4.78 is 4.81. The van der Waals surface area contributed by atoms with Crippen molar-refractivity contribution < 1.29 is 14.3 Å². The van der Waals surface area contributed by atoms with E-state index in [4.69, 9.17) is 4.74 Å². The van der Waals surface area contributed by atoms with E-state index in [0.717, 1.165) is 13.1 Å². The Morgan fingerprint density at radius 1 is 1.12 bits per heavy atom. The molecule has 0 aliphatic carbocycles. The lowest BCUT2D eigenvalue weighted by Crippen LogP contribution is -2.52. The molecule has 6 nitrogen and oxygen atoms in total. The van der Waals surface area contributed by atoms with Gasteiger partial charge in [0.15, 0.2) is 0 Å². The number of hydrogen-bond donors (Lipinski definition) is 1. The van der Waals surface area contributed by atoms with Gasteiger partial charge in [0.1, 0.15) is 6.61 Å². The van der Waals surface area contributed by atoms with Gasteiger partial charge in [0.05, 0.1) is 0 Å². The van der Waals surface area contributed by atoms with Crippen LogP contribution in [0.25, 0.3) is 0 Å². The zero-order valence-electron chi connectivity index (χ0n) is 14.7. The molecule has 132 valence electrons. The molecule has 24 heavy (non-hydrogen) atoms. The third kappa shape index (κ3) is 5.23. The average molecular weight is 333 g/mol. The second-order valence-corrected chi connectivity index (χ2v) is 6.75. The number of nitrogens with one attached hydrogen (secondary N) is 1. The molecule has 1 heterocycles. The van der Waals surface area contributed by atoms with Crippen molar-refractivity contribution in [2.45, 2.75) is 25.8 Å². The highest BCUT2D eigenvalue weighted by Crippen LogP contribution is 2.17. The Morgan fingerprint density at radius 3 is 2.33 bits per heavy atom. The molecule has 1 aromatic rings. The van der Waals surface area contributed by atoms with Crippen molar-refractivity contribution in [1.82, 2.24) is 10.2 Å². The third-order valence-electron chi connectivity index (χ3n) is 4.10. The van der Waals surface area contributed by atoms with Crippen LogP contribution in [0, 0.1) is 0 Å². The Bertz CT molecular complexity index is 552. The number of hydrogen-bond acceptors (Lipinski definition) is 4. The van der Waals surface area contributed by atoms with Crippen molar-refractivity contribution in [2.24, 2.45) is 0 Å². The van der Waals surface area contributed by atoms with Crippen LogP contribution in [0.4, 0.5) is 5.69 Å². The number of carbonyl (C=O) groups excluding carboxylic acids is 2. The molecule has 1 fully saturated rings. The maximum Gasteiger partial charge on any atom is 0.246 e. The second kappa shape index (κ2) is 8.15. The molecule has 0 aromatic heterocycles. The number of rotatable bonds is 6. The molecule has 2 amide bonds. The monoisotopic (exact) mass is 333 g/mol. The predicted molar refractivity (Wildman–Crippen MR) is 93.9 cm³/mol. The second-order valence-electron chi connectivity index (χ2n) is 6.75. The van der Waals surface area contributed by atoms with Gasteiger partial charge in [-0.1, -0.05) is 18.2 Å². The third-order valence-corrected chi connectivity index (χ3v) is 4.10. The average Bonchev–Trinajstić information content (AvgIpc) is 2.55. The Hall–Kier alpha value is -2.08. The largest absolute Gasteiger partial charge is 0.375 e. The van der Waals surface area contributed by atoms with Gasteiger partial charge in [0.2, 0.25) is 11.8 Å². The van der Waals surface area contributed by atoms with E-state index in [9.17, 15) is 9.59 Å². The van der Waals surface area contributed by atoms with Crippen LogP contribution in [0.2, 0.25) is 0 Å². The first-order valence-corrected chi connectivity index (χ1v) is 8.29. The summed E-state index contributed by atoms with van der Waals surface area (Å²) in [5.41, 5.74) is 0.611. The predicted octanol–water partition coefficient (Wildman–Crippen LogP) is 1.27. The summed E-state index contributed by atoms with van der Waals surface area (Å²) in [6, 6.07) is 10.2. The van der Waals surface area contributed by atoms with Crippen molar-refractivity contribution in [1.29, 1.82) is 0 Å². The maximum atomic E-state index is 12.5. The van der Waals surface area contributed by atoms with Crippen LogP contribution in [0.5, 0.6) is 0 Å². The smallest absolute Gasteiger partial charge is 0.246 e. The molecule has 1 aliphatic heterocycles. The summed E-state index contributed by atoms with van der Waals surface area (Å²) >= 11 is 0. The summed E-state index contributed by atoms with van der Waals surface area (Å²) in [5, 5.41) is 2.84. The van der Waals surface area contributed by atoms with Crippen molar-refractivity contribution >= 4 is 17.5 Å². The van der Waals surface area contributed by atoms with Crippen molar-refractivity contribution in [2.75, 3.05) is 44.8 Å². The van der Waals surface area contributed by atoms with Gasteiger partial charge in [-0.2, -0.15) is 0 Å². The Labute approximate surface area is 143 Å². The number of benzene rings is 1. The minimum absolute atomic E-state index is 0.00731. The molecule has 0 bridgehead atoms. The molecular formula is C18H27N3O3. The molecule has 1 N–H and O–H groups in total. The van der Waals surface area contributed by atoms with E-state index >= 15 is 0 Å². The van der Waals surface area contributed by atoms with Gasteiger partial charge in [-0.15, -0.1) is 0 Å². The standard InChI is InChI=1S/C18H27N3O3/c1-18(2,19-16(22)14-24-3)13-17(23)21-11-9-20(10-12-21)15-7-5-4-6-8-15/h4-8H,9-14H2,1-3H3,(H,19,22). The van der Waals surface area contributed by atoms with Crippen molar-refractivity contribution in [3.63, 3.8) is 0 Å². The normalized spacial score (nSPS) is 15.3. The van der Waals surface area contributed by atoms with Crippen LogP contribution in [0.15, 0.2) is 30.3 Å². The Morgan fingerprint density at radius 2 is 1.75 bits per heavy atom. The van der Waals surface area contributed by atoms with E-state index in [1.54, 1.807) is 0 Å². The van der Waals surface area contributed by atoms with Gasteiger partial charge in [0.25, 0.3) is 0 Å². The number of carbonyl (C=O) groups is 2. The first-order chi connectivity index (χ1) is 11.4. The highest BCUT2D eigenvalue weighted by molar-refractivity contribution is 5.81. The van der Waals surface area contributed by atoms with Crippen LogP contribution in [-0.2, 0) is 14.3 Å². The molecule has 1 aromatic carbocycles. The lowest BCUT2D eigenvalue weighted by Gasteiger charge is -2.37. The van der Waals surface area contributed by atoms with Crippen LogP contribution in [0.1, 0.15) is 20.3 Å². The quantitative estimate of drug-likeness (QED) is 0.851. The number of anilines is 1. The van der Waals surface area contributed by atoms with Crippen LogP contribution >= 0.6 is 0 Å². The summed E-state index contributed by atoms with van der Waals surface area (Å²) in [6.45, 7) is 6.79. The van der Waals surface area contributed by atoms with E-state index in [2.05, 4.69) is 22.3 Å². The molecule has 0 radical (unpaired) electrons. The molecule has 0 atom stereocenters. The van der Waals surface area contributed by atoms with E-state index in [1.165, 1.54) is 12.8 Å². The fourth-order valence-corrected chi connectivity index (χ4v) is 2.93. The highest BCUT2D eigenvalue weighted by Gasteiger charge is 2.28.